The van der Waals surface area contributed by atoms with Crippen LogP contribution >= 0.6 is 59.1 Å². The Balaban J connectivity index is 1.97. The van der Waals surface area contributed by atoms with Crippen LogP contribution in [-0.4, -0.2) is 24.3 Å². The number of furan rings is 1. The zero-order chi connectivity index (χ0) is 23.9. The number of allylic oxidation sites excluding steroid dienone is 1. The third kappa shape index (κ3) is 4.55. The molecule has 0 radical (unpaired) electrons. The van der Waals surface area contributed by atoms with Crippen molar-refractivity contribution >= 4 is 71.2 Å². The Morgan fingerprint density at radius 3 is 2.64 bits per heavy atom. The molecule has 0 aliphatic carbocycles. The van der Waals surface area contributed by atoms with Crippen molar-refractivity contribution in [2.24, 2.45) is 4.99 Å². The highest BCUT2D eigenvalue weighted by Gasteiger charge is 2.33. The zero-order valence-electron chi connectivity index (χ0n) is 17.6. The van der Waals surface area contributed by atoms with E-state index in [1.54, 1.807) is 39.2 Å². The van der Waals surface area contributed by atoms with Crippen LogP contribution in [0.1, 0.15) is 31.2 Å². The fourth-order valence-electron chi connectivity index (χ4n) is 3.52. The van der Waals surface area contributed by atoms with Crippen LogP contribution in [0.4, 0.5) is 0 Å². The number of carbonyl (C=O) groups excluding carboxylic acids is 1. The van der Waals surface area contributed by atoms with Gasteiger partial charge in [-0.05, 0) is 85.4 Å². The van der Waals surface area contributed by atoms with Gasteiger partial charge >= 0.3 is 5.97 Å². The van der Waals surface area contributed by atoms with E-state index in [4.69, 9.17) is 13.9 Å². The molecule has 0 spiro atoms. The summed E-state index contributed by atoms with van der Waals surface area (Å²) in [5, 5.41) is 0. The Kier molecular flexibility index (Phi) is 7.13. The summed E-state index contributed by atoms with van der Waals surface area (Å²) in [6, 6.07) is 6.49. The van der Waals surface area contributed by atoms with Crippen LogP contribution in [0.25, 0.3) is 6.08 Å². The van der Waals surface area contributed by atoms with Crippen molar-refractivity contribution < 1.29 is 18.7 Å². The van der Waals surface area contributed by atoms with Crippen molar-refractivity contribution in [3.05, 3.63) is 80.2 Å². The van der Waals surface area contributed by atoms with Gasteiger partial charge in [-0.25, -0.2) is 9.79 Å². The van der Waals surface area contributed by atoms with Crippen molar-refractivity contribution in [3.63, 3.8) is 0 Å². The lowest BCUT2D eigenvalue weighted by atomic mass is 9.96. The van der Waals surface area contributed by atoms with Gasteiger partial charge in [0.05, 0.1) is 44.5 Å². The van der Waals surface area contributed by atoms with E-state index < -0.39 is 12.0 Å². The van der Waals surface area contributed by atoms with Crippen molar-refractivity contribution in [3.8, 4) is 5.75 Å². The summed E-state index contributed by atoms with van der Waals surface area (Å²) in [4.78, 5) is 31.5. The van der Waals surface area contributed by atoms with Crippen molar-refractivity contribution in [1.82, 2.24) is 4.57 Å². The largest absolute Gasteiger partial charge is 0.496 e. The lowest BCUT2D eigenvalue weighted by molar-refractivity contribution is -0.139. The van der Waals surface area contributed by atoms with Crippen molar-refractivity contribution in [2.75, 3.05) is 13.7 Å². The Labute approximate surface area is 217 Å². The number of ether oxygens (including phenoxy) is 2. The van der Waals surface area contributed by atoms with Crippen LogP contribution in [0.15, 0.2) is 63.4 Å². The SMILES string of the molecule is CCOC(=O)C1=C(C)N=c2s/c(=C/c3cc(Br)c(Br)o3)c(=O)n2[C@H]1c1ccc(OC)c(Br)c1. The molecular weight excluding hydrogens is 644 g/mol. The highest BCUT2D eigenvalue weighted by Crippen LogP contribution is 2.35. The number of nitrogens with zero attached hydrogens (tertiary/aromatic N) is 2. The number of carbonyl (C=O) groups is 1. The molecule has 0 unspecified atom stereocenters. The molecular formula is C22H17Br3N2O5S. The average Bonchev–Trinajstić information content (AvgIpc) is 3.24. The van der Waals surface area contributed by atoms with Gasteiger partial charge in [-0.15, -0.1) is 0 Å². The van der Waals surface area contributed by atoms with Crippen LogP contribution in [0.3, 0.4) is 0 Å². The van der Waals surface area contributed by atoms with E-state index in [0.29, 0.717) is 41.3 Å². The third-order valence-corrected chi connectivity index (χ3v) is 8.26. The minimum Gasteiger partial charge on any atom is -0.496 e. The van der Waals surface area contributed by atoms with Gasteiger partial charge in [0, 0.05) is 6.08 Å². The van der Waals surface area contributed by atoms with Crippen LogP contribution in [0.2, 0.25) is 0 Å². The normalized spacial score (nSPS) is 15.9. The predicted molar refractivity (Wildman–Crippen MR) is 135 cm³/mol. The summed E-state index contributed by atoms with van der Waals surface area (Å²) in [5.74, 6) is 0.631. The predicted octanol–water partition coefficient (Wildman–Crippen LogP) is 4.69. The molecule has 2 aromatic heterocycles. The molecule has 0 bridgehead atoms. The lowest BCUT2D eigenvalue weighted by Crippen LogP contribution is -2.39. The van der Waals surface area contributed by atoms with Crippen LogP contribution in [0.5, 0.6) is 5.75 Å². The highest BCUT2D eigenvalue weighted by molar-refractivity contribution is 9.13. The Bertz CT molecular complexity index is 1450. The second-order valence-corrected chi connectivity index (χ2v) is 10.4. The lowest BCUT2D eigenvalue weighted by Gasteiger charge is -2.25. The van der Waals surface area contributed by atoms with Gasteiger partial charge in [0.2, 0.25) is 0 Å². The minimum atomic E-state index is -0.709. The Morgan fingerprint density at radius 2 is 2.03 bits per heavy atom. The number of hydrogen-bond acceptors (Lipinski definition) is 7. The Hall–Kier alpha value is -1.95. The van der Waals surface area contributed by atoms with E-state index >= 15 is 0 Å². The number of halogens is 3. The quantitative estimate of drug-likeness (QED) is 0.371. The summed E-state index contributed by atoms with van der Waals surface area (Å²) < 4.78 is 20.2. The molecule has 33 heavy (non-hydrogen) atoms. The second-order valence-electron chi connectivity index (χ2n) is 6.97. The second kappa shape index (κ2) is 9.73. The number of esters is 1. The molecule has 1 aliphatic heterocycles. The van der Waals surface area contributed by atoms with E-state index in [9.17, 15) is 9.59 Å². The maximum Gasteiger partial charge on any atom is 0.338 e. The first-order valence-electron chi connectivity index (χ1n) is 9.73. The molecule has 3 heterocycles. The topological polar surface area (TPSA) is 83.0 Å². The molecule has 172 valence electrons. The summed E-state index contributed by atoms with van der Waals surface area (Å²) in [7, 11) is 1.57. The third-order valence-electron chi connectivity index (χ3n) is 4.95. The van der Waals surface area contributed by atoms with Crippen molar-refractivity contribution in [2.45, 2.75) is 19.9 Å². The molecule has 1 atom stereocenters. The molecule has 11 heteroatoms. The molecule has 0 saturated heterocycles. The number of fused-ring (bicyclic) bond motifs is 1. The average molecular weight is 661 g/mol. The Morgan fingerprint density at radius 1 is 1.27 bits per heavy atom. The summed E-state index contributed by atoms with van der Waals surface area (Å²) in [5.41, 5.74) is 1.25. The molecule has 3 aromatic rings. The molecule has 1 aliphatic rings. The summed E-state index contributed by atoms with van der Waals surface area (Å²) in [6.45, 7) is 3.69. The molecule has 7 nitrogen and oxygen atoms in total. The van der Waals surface area contributed by atoms with E-state index in [-0.39, 0.29) is 12.2 Å². The maximum absolute atomic E-state index is 13.5. The van der Waals surface area contributed by atoms with E-state index in [1.165, 1.54) is 15.9 Å². The fourth-order valence-corrected chi connectivity index (χ4v) is 5.72. The minimum absolute atomic E-state index is 0.210. The first-order valence-corrected chi connectivity index (χ1v) is 12.9. The van der Waals surface area contributed by atoms with Gasteiger partial charge in [-0.2, -0.15) is 0 Å². The number of aromatic nitrogens is 1. The first-order chi connectivity index (χ1) is 15.7. The van der Waals surface area contributed by atoms with Gasteiger partial charge in [0.25, 0.3) is 5.56 Å². The standard InChI is InChI=1S/C22H17Br3N2O5S/c1-4-31-21(29)17-10(2)26-22-27(18(17)11-5-6-15(30-3)13(23)7-11)20(28)16(33-22)9-12-8-14(24)19(25)32-12/h5-9,18H,4H2,1-3H3/b16-9+/t18-/m0/s1. The van der Waals surface area contributed by atoms with Crippen LogP contribution in [0, 0.1) is 0 Å². The molecule has 0 amide bonds. The van der Waals surface area contributed by atoms with E-state index in [1.807, 2.05) is 12.1 Å². The highest BCUT2D eigenvalue weighted by atomic mass is 79.9. The van der Waals surface area contributed by atoms with Gasteiger partial charge in [-0.3, -0.25) is 9.36 Å². The smallest absolute Gasteiger partial charge is 0.338 e. The van der Waals surface area contributed by atoms with Gasteiger partial charge in [-0.1, -0.05) is 17.4 Å². The molecule has 0 fully saturated rings. The van der Waals surface area contributed by atoms with Gasteiger partial charge in [0.15, 0.2) is 9.47 Å². The van der Waals surface area contributed by atoms with Crippen LogP contribution < -0.4 is 19.6 Å². The molecule has 0 N–H and O–H groups in total. The zero-order valence-corrected chi connectivity index (χ0v) is 23.2. The van der Waals surface area contributed by atoms with Gasteiger partial charge in [0.1, 0.15) is 11.5 Å². The van der Waals surface area contributed by atoms with Crippen molar-refractivity contribution in [1.29, 1.82) is 0 Å². The summed E-state index contributed by atoms with van der Waals surface area (Å²) >= 11 is 11.4. The number of hydrogen-bond donors (Lipinski definition) is 0. The number of methoxy groups -OCH3 is 1. The maximum atomic E-state index is 13.5. The number of benzene rings is 1. The van der Waals surface area contributed by atoms with Gasteiger partial charge < -0.3 is 13.9 Å². The monoisotopic (exact) mass is 658 g/mol. The first kappa shape index (κ1) is 24.2. The molecule has 4 rings (SSSR count). The molecule has 1 aromatic carbocycles. The fraction of sp³-hybridized carbons (Fsp3) is 0.227. The van der Waals surface area contributed by atoms with E-state index in [0.717, 1.165) is 10.0 Å². The number of rotatable bonds is 5. The van der Waals surface area contributed by atoms with Crippen LogP contribution in [-0.2, 0) is 9.53 Å². The van der Waals surface area contributed by atoms with E-state index in [2.05, 4.69) is 52.8 Å². The summed E-state index contributed by atoms with van der Waals surface area (Å²) in [6.07, 6.45) is 1.66. The molecule has 0 saturated carbocycles. The number of thiazole rings is 1.